The average molecular weight is 430 g/mol. The Morgan fingerprint density at radius 1 is 1.03 bits per heavy atom. The Labute approximate surface area is 183 Å². The highest BCUT2D eigenvalue weighted by Gasteiger charge is 2.38. The zero-order valence-electron chi connectivity index (χ0n) is 16.4. The summed E-state index contributed by atoms with van der Waals surface area (Å²) in [6.07, 6.45) is 4.42. The zero-order chi connectivity index (χ0) is 19.4. The maximum absolute atomic E-state index is 6.63. The van der Waals surface area contributed by atoms with E-state index in [4.69, 9.17) is 21.3 Å². The molecule has 29 heavy (non-hydrogen) atoms. The SMILES string of the molecule is COc1ccccc1Cc1nccc(C2(c3ccccc3Cl)CCNCC2)n1.Cl. The first-order valence-corrected chi connectivity index (χ1v) is 10.0. The maximum Gasteiger partial charge on any atom is 0.133 e. The number of methoxy groups -OCH3 is 1. The number of ether oxygens (including phenoxy) is 1. The van der Waals surface area contributed by atoms with E-state index in [0.717, 1.165) is 59.3 Å². The lowest BCUT2D eigenvalue weighted by Crippen LogP contribution is -2.41. The van der Waals surface area contributed by atoms with Gasteiger partial charge in [-0.15, -0.1) is 12.4 Å². The highest BCUT2D eigenvalue weighted by molar-refractivity contribution is 6.31. The van der Waals surface area contributed by atoms with E-state index in [2.05, 4.69) is 28.5 Å². The van der Waals surface area contributed by atoms with E-state index in [1.54, 1.807) is 7.11 Å². The molecule has 0 unspecified atom stereocenters. The molecule has 2 aromatic carbocycles. The number of halogens is 2. The standard InChI is InChI=1S/C23H24ClN3O.ClH/c1-28-20-9-5-2-6-17(20)16-22-26-13-10-21(27-22)23(11-14-25-15-12-23)18-7-3-4-8-19(18)24;/h2-10,13,25H,11-12,14-16H2,1H3;1H. The van der Waals surface area contributed by atoms with Gasteiger partial charge in [-0.1, -0.05) is 48.0 Å². The van der Waals surface area contributed by atoms with E-state index in [0.29, 0.717) is 6.42 Å². The molecule has 3 aromatic rings. The van der Waals surface area contributed by atoms with Crippen molar-refractivity contribution in [3.63, 3.8) is 0 Å². The van der Waals surface area contributed by atoms with Gasteiger partial charge in [-0.2, -0.15) is 0 Å². The van der Waals surface area contributed by atoms with Crippen molar-refractivity contribution in [2.75, 3.05) is 20.2 Å². The van der Waals surface area contributed by atoms with Crippen LogP contribution in [0.25, 0.3) is 0 Å². The molecule has 0 saturated carbocycles. The molecule has 1 aliphatic heterocycles. The number of hydrogen-bond donors (Lipinski definition) is 1. The van der Waals surface area contributed by atoms with Gasteiger partial charge in [0.05, 0.1) is 12.8 Å². The molecule has 6 heteroatoms. The van der Waals surface area contributed by atoms with E-state index < -0.39 is 0 Å². The van der Waals surface area contributed by atoms with Gasteiger partial charge in [0.15, 0.2) is 0 Å². The van der Waals surface area contributed by atoms with Crippen LogP contribution in [0.4, 0.5) is 0 Å². The number of para-hydroxylation sites is 1. The van der Waals surface area contributed by atoms with Crippen molar-refractivity contribution in [1.82, 2.24) is 15.3 Å². The predicted octanol–water partition coefficient (Wildman–Crippen LogP) is 4.82. The topological polar surface area (TPSA) is 47.0 Å². The van der Waals surface area contributed by atoms with Gasteiger partial charge in [-0.25, -0.2) is 9.97 Å². The first-order valence-electron chi connectivity index (χ1n) is 9.63. The third kappa shape index (κ3) is 4.40. The summed E-state index contributed by atoms with van der Waals surface area (Å²) >= 11 is 6.63. The third-order valence-electron chi connectivity index (χ3n) is 5.58. The summed E-state index contributed by atoms with van der Waals surface area (Å²) < 4.78 is 5.49. The van der Waals surface area contributed by atoms with Crippen LogP contribution in [-0.4, -0.2) is 30.2 Å². The van der Waals surface area contributed by atoms with Gasteiger partial charge in [-0.3, -0.25) is 0 Å². The van der Waals surface area contributed by atoms with E-state index in [1.807, 2.05) is 42.6 Å². The smallest absolute Gasteiger partial charge is 0.133 e. The Morgan fingerprint density at radius 3 is 2.52 bits per heavy atom. The molecule has 0 aliphatic carbocycles. The van der Waals surface area contributed by atoms with E-state index in [1.165, 1.54) is 0 Å². The van der Waals surface area contributed by atoms with Gasteiger partial charge >= 0.3 is 0 Å². The Hall–Kier alpha value is -2.14. The molecule has 4 nitrogen and oxygen atoms in total. The summed E-state index contributed by atoms with van der Waals surface area (Å²) in [5.74, 6) is 1.66. The summed E-state index contributed by atoms with van der Waals surface area (Å²) in [7, 11) is 1.69. The average Bonchev–Trinajstić information content (AvgIpc) is 2.75. The van der Waals surface area contributed by atoms with Crippen molar-refractivity contribution in [3.05, 3.63) is 88.5 Å². The molecule has 1 aliphatic rings. The molecule has 0 amide bonds. The highest BCUT2D eigenvalue weighted by Crippen LogP contribution is 2.42. The van der Waals surface area contributed by atoms with Gasteiger partial charge in [0, 0.05) is 28.6 Å². The molecule has 2 heterocycles. The molecule has 1 saturated heterocycles. The van der Waals surface area contributed by atoms with Crippen LogP contribution in [0.2, 0.25) is 5.02 Å². The van der Waals surface area contributed by atoms with Crippen LogP contribution >= 0.6 is 24.0 Å². The molecule has 0 bridgehead atoms. The van der Waals surface area contributed by atoms with Gasteiger partial charge in [0.2, 0.25) is 0 Å². The minimum absolute atomic E-state index is 0. The van der Waals surface area contributed by atoms with Crippen molar-refractivity contribution in [1.29, 1.82) is 0 Å². The molecular weight excluding hydrogens is 405 g/mol. The number of benzene rings is 2. The molecule has 1 aromatic heterocycles. The van der Waals surface area contributed by atoms with Gasteiger partial charge < -0.3 is 10.1 Å². The Morgan fingerprint density at radius 2 is 1.76 bits per heavy atom. The molecule has 0 radical (unpaired) electrons. The monoisotopic (exact) mass is 429 g/mol. The van der Waals surface area contributed by atoms with Crippen molar-refractivity contribution in [2.45, 2.75) is 24.7 Å². The third-order valence-corrected chi connectivity index (χ3v) is 5.91. The second kappa shape index (κ2) is 9.57. The molecular formula is C23H25Cl2N3O. The molecule has 1 fully saturated rings. The van der Waals surface area contributed by atoms with Crippen LogP contribution < -0.4 is 10.1 Å². The van der Waals surface area contributed by atoms with Gasteiger partial charge in [0.1, 0.15) is 11.6 Å². The van der Waals surface area contributed by atoms with E-state index in [-0.39, 0.29) is 17.8 Å². The molecule has 0 spiro atoms. The summed E-state index contributed by atoms with van der Waals surface area (Å²) in [5, 5.41) is 4.27. The lowest BCUT2D eigenvalue weighted by Gasteiger charge is -2.38. The fourth-order valence-electron chi connectivity index (χ4n) is 4.14. The minimum atomic E-state index is -0.192. The highest BCUT2D eigenvalue weighted by atomic mass is 35.5. The van der Waals surface area contributed by atoms with Crippen LogP contribution in [0.3, 0.4) is 0 Å². The number of rotatable bonds is 5. The van der Waals surface area contributed by atoms with Crippen LogP contribution in [0.1, 0.15) is 35.5 Å². The van der Waals surface area contributed by atoms with E-state index in [9.17, 15) is 0 Å². The number of piperidine rings is 1. The summed E-state index contributed by atoms with van der Waals surface area (Å²) in [5.41, 5.74) is 3.09. The maximum atomic E-state index is 6.63. The van der Waals surface area contributed by atoms with Crippen molar-refractivity contribution in [3.8, 4) is 5.75 Å². The first kappa shape index (κ1) is 21.6. The predicted molar refractivity (Wildman–Crippen MR) is 119 cm³/mol. The fourth-order valence-corrected chi connectivity index (χ4v) is 4.45. The fraction of sp³-hybridized carbons (Fsp3) is 0.304. The van der Waals surface area contributed by atoms with E-state index >= 15 is 0 Å². The minimum Gasteiger partial charge on any atom is -0.496 e. The summed E-state index contributed by atoms with van der Waals surface area (Å²) in [6.45, 7) is 1.88. The lowest BCUT2D eigenvalue weighted by molar-refractivity contribution is 0.353. The van der Waals surface area contributed by atoms with Crippen molar-refractivity contribution < 1.29 is 4.74 Å². The largest absolute Gasteiger partial charge is 0.496 e. The first-order chi connectivity index (χ1) is 13.7. The summed E-state index contributed by atoms with van der Waals surface area (Å²) in [6, 6.07) is 18.2. The normalized spacial score (nSPS) is 15.4. The number of hydrogen-bond acceptors (Lipinski definition) is 4. The van der Waals surface area contributed by atoms with Gasteiger partial charge in [0.25, 0.3) is 0 Å². The summed E-state index contributed by atoms with van der Waals surface area (Å²) in [4.78, 5) is 9.54. The van der Waals surface area contributed by atoms with Crippen LogP contribution in [0.15, 0.2) is 60.8 Å². The molecule has 0 atom stereocenters. The Kier molecular flexibility index (Phi) is 7.12. The second-order valence-corrected chi connectivity index (χ2v) is 7.57. The molecule has 4 rings (SSSR count). The molecule has 152 valence electrons. The van der Waals surface area contributed by atoms with Crippen molar-refractivity contribution >= 4 is 24.0 Å². The molecule has 1 N–H and O–H groups in total. The second-order valence-electron chi connectivity index (χ2n) is 7.16. The lowest BCUT2D eigenvalue weighted by atomic mass is 9.70. The van der Waals surface area contributed by atoms with Crippen LogP contribution in [0.5, 0.6) is 5.75 Å². The van der Waals surface area contributed by atoms with Gasteiger partial charge in [-0.05, 0) is 49.7 Å². The Balaban J connectivity index is 0.00000240. The van der Waals surface area contributed by atoms with Crippen LogP contribution in [-0.2, 0) is 11.8 Å². The zero-order valence-corrected chi connectivity index (χ0v) is 18.0. The van der Waals surface area contributed by atoms with Crippen molar-refractivity contribution in [2.24, 2.45) is 0 Å². The number of nitrogens with zero attached hydrogens (tertiary/aromatic N) is 2. The number of aromatic nitrogens is 2. The number of nitrogens with one attached hydrogen (secondary N) is 1. The Bertz CT molecular complexity index is 958. The van der Waals surface area contributed by atoms with Crippen LogP contribution in [0, 0.1) is 0 Å². The quantitative estimate of drug-likeness (QED) is 0.631.